The van der Waals surface area contributed by atoms with Crippen LogP contribution in [0.5, 0.6) is 0 Å². The van der Waals surface area contributed by atoms with Gasteiger partial charge < -0.3 is 11.1 Å². The Morgan fingerprint density at radius 2 is 1.54 bits per heavy atom. The van der Waals surface area contributed by atoms with Gasteiger partial charge in [0.05, 0.1) is 0 Å². The fraction of sp³-hybridized carbons (Fsp3) is 0.0476. The number of amides is 1. The number of hydrogen-bond acceptors (Lipinski definition) is 2. The van der Waals surface area contributed by atoms with Crippen molar-refractivity contribution >= 4 is 17.3 Å². The van der Waals surface area contributed by atoms with Crippen molar-refractivity contribution in [1.29, 1.82) is 0 Å². The second kappa shape index (κ2) is 7.47. The molecule has 0 spiro atoms. The van der Waals surface area contributed by atoms with E-state index in [0.29, 0.717) is 5.56 Å². The maximum atomic E-state index is 12.1. The summed E-state index contributed by atoms with van der Waals surface area (Å²) in [6.07, 6.45) is 2.99. The van der Waals surface area contributed by atoms with Crippen LogP contribution in [0.1, 0.15) is 21.5 Å². The molecule has 3 aromatic rings. The van der Waals surface area contributed by atoms with E-state index in [9.17, 15) is 4.79 Å². The van der Waals surface area contributed by atoms with Gasteiger partial charge in [-0.15, -0.1) is 0 Å². The van der Waals surface area contributed by atoms with Crippen molar-refractivity contribution in [2.45, 2.75) is 6.42 Å². The molecule has 24 heavy (non-hydrogen) atoms. The number of carbonyl (C=O) groups excluding carboxylic acids is 1. The van der Waals surface area contributed by atoms with Crippen molar-refractivity contribution in [3.8, 4) is 0 Å². The maximum Gasteiger partial charge on any atom is 0.255 e. The molecule has 0 saturated carbocycles. The van der Waals surface area contributed by atoms with E-state index in [4.69, 9.17) is 5.73 Å². The largest absolute Gasteiger partial charge is 0.399 e. The topological polar surface area (TPSA) is 55.1 Å². The standard InChI is InChI=1S/C21H19N2O/c22-19-12-8-16(9-13-19)6-7-17-10-14-20(15-11-17)23-21(24)18-4-2-1-3-5-18/h1-5,7-15H,6,22H2,(H,23,24). The number of carbonyl (C=O) groups is 1. The molecule has 0 unspecified atom stereocenters. The molecule has 0 aliphatic carbocycles. The van der Waals surface area contributed by atoms with Crippen LogP contribution in [-0.2, 0) is 6.42 Å². The van der Waals surface area contributed by atoms with Gasteiger partial charge in [0.25, 0.3) is 5.91 Å². The average Bonchev–Trinajstić information content (AvgIpc) is 2.63. The predicted molar refractivity (Wildman–Crippen MR) is 98.8 cm³/mol. The molecule has 3 N–H and O–H groups in total. The van der Waals surface area contributed by atoms with E-state index in [1.165, 1.54) is 5.56 Å². The number of benzene rings is 3. The average molecular weight is 315 g/mol. The predicted octanol–water partition coefficient (Wildman–Crippen LogP) is 4.32. The first kappa shape index (κ1) is 15.8. The molecule has 0 aliphatic heterocycles. The minimum atomic E-state index is -0.103. The quantitative estimate of drug-likeness (QED) is 0.689. The Morgan fingerprint density at radius 3 is 2.21 bits per heavy atom. The summed E-state index contributed by atoms with van der Waals surface area (Å²) in [5.74, 6) is -0.103. The second-order valence-electron chi connectivity index (χ2n) is 5.59. The third kappa shape index (κ3) is 4.23. The zero-order valence-corrected chi connectivity index (χ0v) is 13.3. The molecule has 1 radical (unpaired) electrons. The highest BCUT2D eigenvalue weighted by molar-refractivity contribution is 6.04. The SMILES string of the molecule is Nc1ccc(C[CH]c2ccc(NC(=O)c3ccccc3)cc2)cc1. The van der Waals surface area contributed by atoms with Crippen LogP contribution in [0.15, 0.2) is 78.9 Å². The fourth-order valence-electron chi connectivity index (χ4n) is 2.38. The van der Waals surface area contributed by atoms with E-state index in [-0.39, 0.29) is 5.91 Å². The molecular weight excluding hydrogens is 296 g/mol. The van der Waals surface area contributed by atoms with Crippen LogP contribution in [0.3, 0.4) is 0 Å². The van der Waals surface area contributed by atoms with Gasteiger partial charge in [0.2, 0.25) is 0 Å². The summed E-state index contributed by atoms with van der Waals surface area (Å²) in [5, 5.41) is 2.90. The maximum absolute atomic E-state index is 12.1. The monoisotopic (exact) mass is 315 g/mol. The Hall–Kier alpha value is -3.07. The number of nitrogen functional groups attached to an aromatic ring is 1. The van der Waals surface area contributed by atoms with Crippen LogP contribution in [0.2, 0.25) is 0 Å². The lowest BCUT2D eigenvalue weighted by Crippen LogP contribution is -2.11. The molecule has 3 heteroatoms. The number of nitrogens with two attached hydrogens (primary N) is 1. The van der Waals surface area contributed by atoms with E-state index >= 15 is 0 Å². The third-order valence-electron chi connectivity index (χ3n) is 3.76. The minimum Gasteiger partial charge on any atom is -0.399 e. The molecule has 3 aromatic carbocycles. The molecule has 119 valence electrons. The molecule has 0 atom stereocenters. The Labute approximate surface area is 142 Å². The number of anilines is 2. The second-order valence-corrected chi connectivity index (χ2v) is 5.59. The molecule has 3 nitrogen and oxygen atoms in total. The summed E-state index contributed by atoms with van der Waals surface area (Å²) >= 11 is 0. The fourth-order valence-corrected chi connectivity index (χ4v) is 2.38. The number of nitrogens with one attached hydrogen (secondary N) is 1. The van der Waals surface area contributed by atoms with Crippen LogP contribution >= 0.6 is 0 Å². The highest BCUT2D eigenvalue weighted by Crippen LogP contribution is 2.15. The molecule has 0 bridgehead atoms. The van der Waals surface area contributed by atoms with E-state index in [1.807, 2.05) is 66.7 Å². The smallest absolute Gasteiger partial charge is 0.255 e. The summed E-state index contributed by atoms with van der Waals surface area (Å²) < 4.78 is 0. The lowest BCUT2D eigenvalue weighted by Gasteiger charge is -2.07. The third-order valence-corrected chi connectivity index (χ3v) is 3.76. The first-order valence-electron chi connectivity index (χ1n) is 7.85. The summed E-state index contributed by atoms with van der Waals surface area (Å²) in [5.41, 5.74) is 10.2. The molecule has 0 fully saturated rings. The lowest BCUT2D eigenvalue weighted by atomic mass is 10.0. The van der Waals surface area contributed by atoms with Crippen molar-refractivity contribution in [2.24, 2.45) is 0 Å². The lowest BCUT2D eigenvalue weighted by molar-refractivity contribution is 0.102. The van der Waals surface area contributed by atoms with Crippen molar-refractivity contribution in [1.82, 2.24) is 0 Å². The van der Waals surface area contributed by atoms with E-state index in [1.54, 1.807) is 12.1 Å². The number of rotatable bonds is 5. The van der Waals surface area contributed by atoms with Crippen LogP contribution in [0.4, 0.5) is 11.4 Å². The molecule has 0 aromatic heterocycles. The molecular formula is C21H19N2O. The minimum absolute atomic E-state index is 0.103. The summed E-state index contributed by atoms with van der Waals surface area (Å²) in [6, 6.07) is 24.9. The van der Waals surface area contributed by atoms with Gasteiger partial charge in [-0.1, -0.05) is 42.5 Å². The molecule has 0 saturated heterocycles. The summed E-state index contributed by atoms with van der Waals surface area (Å²) in [7, 11) is 0. The van der Waals surface area contributed by atoms with Crippen molar-refractivity contribution in [2.75, 3.05) is 11.1 Å². The van der Waals surface area contributed by atoms with Crippen molar-refractivity contribution in [3.63, 3.8) is 0 Å². The van der Waals surface area contributed by atoms with Crippen LogP contribution < -0.4 is 11.1 Å². The van der Waals surface area contributed by atoms with Gasteiger partial charge in [-0.05, 0) is 60.4 Å². The van der Waals surface area contributed by atoms with E-state index < -0.39 is 0 Å². The summed E-state index contributed by atoms with van der Waals surface area (Å²) in [6.45, 7) is 0. The summed E-state index contributed by atoms with van der Waals surface area (Å²) in [4.78, 5) is 12.1. The Morgan fingerprint density at radius 1 is 0.875 bits per heavy atom. The van der Waals surface area contributed by atoms with Gasteiger partial charge >= 0.3 is 0 Å². The van der Waals surface area contributed by atoms with Crippen molar-refractivity contribution < 1.29 is 4.79 Å². The zero-order chi connectivity index (χ0) is 16.8. The normalized spacial score (nSPS) is 10.3. The Bertz CT molecular complexity index is 794. The first-order chi connectivity index (χ1) is 11.7. The molecule has 3 rings (SSSR count). The van der Waals surface area contributed by atoms with Gasteiger partial charge in [-0.2, -0.15) is 0 Å². The van der Waals surface area contributed by atoms with Crippen LogP contribution in [0, 0.1) is 6.42 Å². The molecule has 0 heterocycles. The first-order valence-corrected chi connectivity index (χ1v) is 7.85. The van der Waals surface area contributed by atoms with E-state index in [2.05, 4.69) is 11.7 Å². The van der Waals surface area contributed by atoms with Gasteiger partial charge in [0.1, 0.15) is 0 Å². The number of hydrogen-bond donors (Lipinski definition) is 2. The van der Waals surface area contributed by atoms with Gasteiger partial charge in [-0.25, -0.2) is 0 Å². The molecule has 1 amide bonds. The van der Waals surface area contributed by atoms with Crippen LogP contribution in [-0.4, -0.2) is 5.91 Å². The van der Waals surface area contributed by atoms with Gasteiger partial charge in [0.15, 0.2) is 0 Å². The van der Waals surface area contributed by atoms with Gasteiger partial charge in [-0.3, -0.25) is 4.79 Å². The van der Waals surface area contributed by atoms with Crippen molar-refractivity contribution in [3.05, 3.63) is 102 Å². The Kier molecular flexibility index (Phi) is 4.92. The van der Waals surface area contributed by atoms with Crippen LogP contribution in [0.25, 0.3) is 0 Å². The Balaban J connectivity index is 1.57. The zero-order valence-electron chi connectivity index (χ0n) is 13.3. The highest BCUT2D eigenvalue weighted by Gasteiger charge is 2.05. The van der Waals surface area contributed by atoms with Gasteiger partial charge in [0, 0.05) is 16.9 Å². The highest BCUT2D eigenvalue weighted by atomic mass is 16.1. The van der Waals surface area contributed by atoms with E-state index in [0.717, 1.165) is 23.4 Å². The molecule has 0 aliphatic rings.